The molecule has 1 aromatic rings. The molecule has 3 N–H and O–H groups in total. The van der Waals surface area contributed by atoms with Gasteiger partial charge in [-0.15, -0.1) is 0 Å². The third kappa shape index (κ3) is 1.57. The molecule has 0 radical (unpaired) electrons. The van der Waals surface area contributed by atoms with Crippen LogP contribution in [-0.4, -0.2) is 18.7 Å². The van der Waals surface area contributed by atoms with Gasteiger partial charge in [-0.1, -0.05) is 11.6 Å². The standard InChI is InChI=1S/C10H8ClN3O3/c11-5-1-4(2-6-8(5)17-3-16-6)7-9(15)14-10(12)13-7/h1-2,7H,3H2,(H3,12,13,14,15). The number of hydrogen-bond acceptors (Lipinski definition) is 5. The number of carbonyl (C=O) groups excluding carboxylic acids is 1. The van der Waals surface area contributed by atoms with Gasteiger partial charge in [0.15, 0.2) is 23.5 Å². The number of ether oxygens (including phenoxy) is 2. The smallest absolute Gasteiger partial charge is 0.256 e. The van der Waals surface area contributed by atoms with Gasteiger partial charge in [0.2, 0.25) is 6.79 Å². The maximum absolute atomic E-state index is 11.6. The molecule has 1 aromatic carbocycles. The van der Waals surface area contributed by atoms with Crippen LogP contribution in [0.15, 0.2) is 17.1 Å². The molecule has 0 spiro atoms. The minimum atomic E-state index is -0.679. The zero-order valence-corrected chi connectivity index (χ0v) is 9.32. The van der Waals surface area contributed by atoms with E-state index in [1.165, 1.54) is 0 Å². The molecule has 1 amide bonds. The van der Waals surface area contributed by atoms with Crippen molar-refractivity contribution in [3.05, 3.63) is 22.7 Å². The van der Waals surface area contributed by atoms with Crippen LogP contribution in [0.4, 0.5) is 0 Å². The van der Waals surface area contributed by atoms with E-state index in [4.69, 9.17) is 26.8 Å². The van der Waals surface area contributed by atoms with Gasteiger partial charge in [-0.2, -0.15) is 0 Å². The highest BCUT2D eigenvalue weighted by molar-refractivity contribution is 6.32. The van der Waals surface area contributed by atoms with Gasteiger partial charge in [-0.25, -0.2) is 4.99 Å². The number of aliphatic imine (C=N–C) groups is 1. The molecule has 88 valence electrons. The van der Waals surface area contributed by atoms with Gasteiger partial charge in [0.1, 0.15) is 0 Å². The predicted octanol–water partition coefficient (Wildman–Crippen LogP) is 0.554. The van der Waals surface area contributed by atoms with Crippen molar-refractivity contribution < 1.29 is 14.3 Å². The Labute approximate surface area is 101 Å². The zero-order valence-electron chi connectivity index (χ0n) is 8.57. The predicted molar refractivity (Wildman–Crippen MR) is 60.1 cm³/mol. The number of rotatable bonds is 1. The van der Waals surface area contributed by atoms with Gasteiger partial charge >= 0.3 is 0 Å². The fourth-order valence-corrected chi connectivity index (χ4v) is 2.07. The lowest BCUT2D eigenvalue weighted by molar-refractivity contribution is -0.120. The van der Waals surface area contributed by atoms with Crippen LogP contribution < -0.4 is 20.5 Å². The summed E-state index contributed by atoms with van der Waals surface area (Å²) >= 11 is 6.02. The van der Waals surface area contributed by atoms with Crippen molar-refractivity contribution in [2.75, 3.05) is 6.79 Å². The maximum Gasteiger partial charge on any atom is 0.256 e. The molecule has 0 bridgehead atoms. The Bertz CT molecular complexity index is 544. The van der Waals surface area contributed by atoms with Gasteiger partial charge in [-0.05, 0) is 17.7 Å². The molecule has 0 saturated heterocycles. The summed E-state index contributed by atoms with van der Waals surface area (Å²) in [5.74, 6) is 0.831. The Morgan fingerprint density at radius 3 is 3.00 bits per heavy atom. The summed E-state index contributed by atoms with van der Waals surface area (Å²) in [6, 6.07) is 2.63. The van der Waals surface area contributed by atoms with E-state index in [2.05, 4.69) is 10.3 Å². The number of guanidine groups is 1. The number of nitrogens with one attached hydrogen (secondary N) is 1. The molecular formula is C10H8ClN3O3. The molecule has 0 fully saturated rings. The van der Waals surface area contributed by atoms with Crippen molar-refractivity contribution in [1.82, 2.24) is 5.32 Å². The number of amides is 1. The summed E-state index contributed by atoms with van der Waals surface area (Å²) in [6.07, 6.45) is 0. The zero-order chi connectivity index (χ0) is 12.0. The molecule has 7 heteroatoms. The monoisotopic (exact) mass is 253 g/mol. The second-order valence-corrected chi connectivity index (χ2v) is 4.05. The van der Waals surface area contributed by atoms with Crippen LogP contribution in [0.2, 0.25) is 5.02 Å². The lowest BCUT2D eigenvalue weighted by Gasteiger charge is -2.07. The number of nitrogens with zero attached hydrogens (tertiary/aromatic N) is 1. The number of nitrogens with two attached hydrogens (primary N) is 1. The van der Waals surface area contributed by atoms with E-state index >= 15 is 0 Å². The van der Waals surface area contributed by atoms with Crippen LogP contribution in [0, 0.1) is 0 Å². The summed E-state index contributed by atoms with van der Waals surface area (Å²) < 4.78 is 10.4. The molecular weight excluding hydrogens is 246 g/mol. The SMILES string of the molecule is NC1=NC(c2cc(Cl)c3c(c2)OCO3)C(=O)N1. The van der Waals surface area contributed by atoms with Crippen molar-refractivity contribution in [1.29, 1.82) is 0 Å². The lowest BCUT2D eigenvalue weighted by Crippen LogP contribution is -2.31. The second-order valence-electron chi connectivity index (χ2n) is 3.64. The largest absolute Gasteiger partial charge is 0.454 e. The summed E-state index contributed by atoms with van der Waals surface area (Å²) in [5.41, 5.74) is 6.06. The molecule has 6 nitrogen and oxygen atoms in total. The Hall–Kier alpha value is -1.95. The minimum absolute atomic E-state index is 0.105. The van der Waals surface area contributed by atoms with E-state index in [0.29, 0.717) is 22.1 Å². The molecule has 1 atom stereocenters. The number of benzene rings is 1. The highest BCUT2D eigenvalue weighted by Gasteiger charge is 2.29. The highest BCUT2D eigenvalue weighted by atomic mass is 35.5. The Morgan fingerprint density at radius 2 is 2.29 bits per heavy atom. The van der Waals surface area contributed by atoms with Crippen LogP contribution in [0.1, 0.15) is 11.6 Å². The van der Waals surface area contributed by atoms with Gasteiger partial charge in [0.25, 0.3) is 5.91 Å². The van der Waals surface area contributed by atoms with Gasteiger partial charge in [-0.3, -0.25) is 10.1 Å². The summed E-state index contributed by atoms with van der Waals surface area (Å²) in [4.78, 5) is 15.6. The molecule has 1 unspecified atom stereocenters. The molecule has 0 aliphatic carbocycles. The van der Waals surface area contributed by atoms with Crippen LogP contribution in [0.25, 0.3) is 0 Å². The number of fused-ring (bicyclic) bond motifs is 1. The van der Waals surface area contributed by atoms with Crippen molar-refractivity contribution in [3.8, 4) is 11.5 Å². The van der Waals surface area contributed by atoms with Crippen LogP contribution in [0.3, 0.4) is 0 Å². The maximum atomic E-state index is 11.6. The van der Waals surface area contributed by atoms with Gasteiger partial charge < -0.3 is 15.2 Å². The lowest BCUT2D eigenvalue weighted by atomic mass is 10.1. The number of carbonyl (C=O) groups is 1. The van der Waals surface area contributed by atoms with E-state index in [1.54, 1.807) is 12.1 Å². The summed E-state index contributed by atoms with van der Waals surface area (Å²) in [7, 11) is 0. The molecule has 3 rings (SSSR count). The van der Waals surface area contributed by atoms with Crippen molar-refractivity contribution in [2.24, 2.45) is 10.7 Å². The first-order valence-electron chi connectivity index (χ1n) is 4.88. The molecule has 0 aromatic heterocycles. The van der Waals surface area contributed by atoms with E-state index < -0.39 is 6.04 Å². The average molecular weight is 254 g/mol. The highest BCUT2D eigenvalue weighted by Crippen LogP contribution is 2.41. The van der Waals surface area contributed by atoms with Crippen molar-refractivity contribution in [2.45, 2.75) is 6.04 Å². The van der Waals surface area contributed by atoms with Gasteiger partial charge in [0.05, 0.1) is 5.02 Å². The van der Waals surface area contributed by atoms with Crippen molar-refractivity contribution >= 4 is 23.5 Å². The van der Waals surface area contributed by atoms with Crippen LogP contribution >= 0.6 is 11.6 Å². The number of halogens is 1. The van der Waals surface area contributed by atoms with E-state index in [0.717, 1.165) is 0 Å². The Morgan fingerprint density at radius 1 is 1.47 bits per heavy atom. The molecule has 2 aliphatic rings. The summed E-state index contributed by atoms with van der Waals surface area (Å²) in [6.45, 7) is 0.126. The van der Waals surface area contributed by atoms with Gasteiger partial charge in [0, 0.05) is 0 Å². The van der Waals surface area contributed by atoms with E-state index in [-0.39, 0.29) is 18.7 Å². The third-order valence-electron chi connectivity index (χ3n) is 2.53. The first-order chi connectivity index (χ1) is 8.15. The van der Waals surface area contributed by atoms with Crippen molar-refractivity contribution in [3.63, 3.8) is 0 Å². The average Bonchev–Trinajstić information content (AvgIpc) is 2.84. The first-order valence-corrected chi connectivity index (χ1v) is 5.26. The second kappa shape index (κ2) is 3.53. The van der Waals surface area contributed by atoms with Crippen LogP contribution in [-0.2, 0) is 4.79 Å². The van der Waals surface area contributed by atoms with E-state index in [9.17, 15) is 4.79 Å². The third-order valence-corrected chi connectivity index (χ3v) is 2.81. The Kier molecular flexibility index (Phi) is 2.12. The van der Waals surface area contributed by atoms with Crippen LogP contribution in [0.5, 0.6) is 11.5 Å². The molecule has 0 saturated carbocycles. The first kappa shape index (κ1) is 10.2. The quantitative estimate of drug-likeness (QED) is 0.765. The summed E-state index contributed by atoms with van der Waals surface area (Å²) in [5, 5.41) is 2.82. The fraction of sp³-hybridized carbons (Fsp3) is 0.200. The number of hydrogen-bond donors (Lipinski definition) is 2. The molecule has 17 heavy (non-hydrogen) atoms. The topological polar surface area (TPSA) is 85.9 Å². The fourth-order valence-electron chi connectivity index (χ4n) is 1.80. The normalized spacial score (nSPS) is 21.4. The minimum Gasteiger partial charge on any atom is -0.454 e. The van der Waals surface area contributed by atoms with E-state index in [1.807, 2.05) is 0 Å². The molecule has 2 heterocycles. The Balaban J connectivity index is 2.05. The molecule has 2 aliphatic heterocycles.